The number of esters is 1. The van der Waals surface area contributed by atoms with Crippen LogP contribution < -0.4 is 10.3 Å². The van der Waals surface area contributed by atoms with E-state index in [-0.39, 0.29) is 24.5 Å². The number of nitrogens with zero attached hydrogens (tertiary/aromatic N) is 2. The van der Waals surface area contributed by atoms with Crippen molar-refractivity contribution in [2.24, 2.45) is 0 Å². The molecule has 0 unspecified atom stereocenters. The predicted octanol–water partition coefficient (Wildman–Crippen LogP) is 4.50. The molecule has 2 aromatic heterocycles. The Morgan fingerprint density at radius 3 is 2.70 bits per heavy atom. The molecule has 6 heteroatoms. The number of thiophene rings is 1. The number of aryl methyl sites for hydroxylation is 1. The molecule has 1 aliphatic carbocycles. The van der Waals surface area contributed by atoms with Crippen molar-refractivity contribution in [2.75, 3.05) is 0 Å². The molecule has 0 amide bonds. The van der Waals surface area contributed by atoms with Gasteiger partial charge >= 0.3 is 5.97 Å². The molecular weight excluding hydrogens is 360 g/mol. The number of carbonyl (C=O) groups is 1. The number of rotatable bonds is 5. The highest BCUT2D eigenvalue weighted by Crippen LogP contribution is 2.33. The molecule has 0 bridgehead atoms. The van der Waals surface area contributed by atoms with Gasteiger partial charge < -0.3 is 4.74 Å². The molecule has 5 nitrogen and oxygen atoms in total. The number of carbonyl (C=O) groups excluding carboxylic acids is 1. The molecule has 0 atom stereocenters. The Balaban J connectivity index is 1.34. The summed E-state index contributed by atoms with van der Waals surface area (Å²) >= 11 is 1.43. The van der Waals surface area contributed by atoms with E-state index in [0.717, 1.165) is 4.83 Å². The summed E-state index contributed by atoms with van der Waals surface area (Å²) in [5, 5.41) is 2.43. The zero-order valence-corrected chi connectivity index (χ0v) is 15.9. The Morgan fingerprint density at radius 2 is 1.93 bits per heavy atom. The van der Waals surface area contributed by atoms with Gasteiger partial charge in [-0.15, -0.1) is 11.3 Å². The van der Waals surface area contributed by atoms with Gasteiger partial charge in [0.15, 0.2) is 0 Å². The molecule has 4 rings (SSSR count). The largest absolute Gasteiger partial charge is 0.426 e. The average molecular weight is 382 g/mol. The van der Waals surface area contributed by atoms with Crippen LogP contribution in [0.4, 0.5) is 0 Å². The van der Waals surface area contributed by atoms with Crippen molar-refractivity contribution in [1.82, 2.24) is 9.55 Å². The smallest absolute Gasteiger partial charge is 0.312 e. The van der Waals surface area contributed by atoms with Gasteiger partial charge in [-0.3, -0.25) is 14.2 Å². The zero-order valence-electron chi connectivity index (χ0n) is 15.1. The van der Waals surface area contributed by atoms with E-state index >= 15 is 0 Å². The van der Waals surface area contributed by atoms with Gasteiger partial charge in [-0.1, -0.05) is 31.4 Å². The number of aromatic nitrogens is 2. The number of benzene rings is 1. The summed E-state index contributed by atoms with van der Waals surface area (Å²) in [6, 6.07) is 9.63. The summed E-state index contributed by atoms with van der Waals surface area (Å²) in [4.78, 5) is 29.4. The van der Waals surface area contributed by atoms with Gasteiger partial charge in [0.05, 0.1) is 18.1 Å². The van der Waals surface area contributed by atoms with Crippen LogP contribution in [-0.2, 0) is 11.3 Å². The molecule has 0 radical (unpaired) electrons. The highest BCUT2D eigenvalue weighted by molar-refractivity contribution is 7.16. The van der Waals surface area contributed by atoms with Crippen LogP contribution in [-0.4, -0.2) is 15.5 Å². The van der Waals surface area contributed by atoms with E-state index < -0.39 is 0 Å². The van der Waals surface area contributed by atoms with E-state index in [1.54, 1.807) is 6.07 Å². The van der Waals surface area contributed by atoms with E-state index in [0.29, 0.717) is 17.1 Å². The minimum atomic E-state index is -0.349. The average Bonchev–Trinajstić information content (AvgIpc) is 3.18. The third-order valence-corrected chi connectivity index (χ3v) is 6.02. The fourth-order valence-electron chi connectivity index (χ4n) is 3.69. The van der Waals surface area contributed by atoms with E-state index in [1.165, 1.54) is 59.9 Å². The monoisotopic (exact) mass is 382 g/mol. The van der Waals surface area contributed by atoms with Crippen LogP contribution in [0.3, 0.4) is 0 Å². The Morgan fingerprint density at radius 1 is 1.15 bits per heavy atom. The first-order valence-electron chi connectivity index (χ1n) is 9.44. The first kappa shape index (κ1) is 17.9. The summed E-state index contributed by atoms with van der Waals surface area (Å²) < 4.78 is 6.88. The number of fused-ring (bicyclic) bond motifs is 1. The fraction of sp³-hybridized carbons (Fsp3) is 0.381. The lowest BCUT2D eigenvalue weighted by atomic mass is 9.84. The molecule has 1 fully saturated rings. The maximum atomic E-state index is 12.3. The van der Waals surface area contributed by atoms with Crippen LogP contribution in [0.2, 0.25) is 0 Å². The molecule has 1 aliphatic rings. The van der Waals surface area contributed by atoms with Crippen LogP contribution in [0.1, 0.15) is 50.0 Å². The van der Waals surface area contributed by atoms with Crippen LogP contribution >= 0.6 is 11.3 Å². The maximum absolute atomic E-state index is 12.3. The lowest BCUT2D eigenvalue weighted by molar-refractivity contribution is -0.134. The number of hydrogen-bond donors (Lipinski definition) is 0. The van der Waals surface area contributed by atoms with Crippen LogP contribution in [0.25, 0.3) is 10.2 Å². The van der Waals surface area contributed by atoms with E-state index in [1.807, 2.05) is 17.5 Å². The van der Waals surface area contributed by atoms with Gasteiger partial charge in [-0.2, -0.15) is 0 Å². The second kappa shape index (κ2) is 8.05. The molecule has 0 aliphatic heterocycles. The highest BCUT2D eigenvalue weighted by atomic mass is 32.1. The van der Waals surface area contributed by atoms with Crippen molar-refractivity contribution in [3.05, 3.63) is 58.0 Å². The summed E-state index contributed by atoms with van der Waals surface area (Å²) in [5.74, 6) is 0.839. The van der Waals surface area contributed by atoms with Crippen molar-refractivity contribution >= 4 is 27.5 Å². The van der Waals surface area contributed by atoms with Crippen molar-refractivity contribution in [1.29, 1.82) is 0 Å². The van der Waals surface area contributed by atoms with Gasteiger partial charge in [-0.05, 0) is 47.9 Å². The van der Waals surface area contributed by atoms with Crippen molar-refractivity contribution in [3.63, 3.8) is 0 Å². The van der Waals surface area contributed by atoms with Crippen LogP contribution in [0.15, 0.2) is 46.8 Å². The highest BCUT2D eigenvalue weighted by Gasteiger charge is 2.15. The Labute approximate surface area is 161 Å². The molecule has 0 saturated heterocycles. The summed E-state index contributed by atoms with van der Waals surface area (Å²) in [7, 11) is 0. The molecule has 140 valence electrons. The Kier molecular flexibility index (Phi) is 5.34. The first-order valence-corrected chi connectivity index (χ1v) is 10.3. The second-order valence-corrected chi connectivity index (χ2v) is 7.91. The predicted molar refractivity (Wildman–Crippen MR) is 106 cm³/mol. The van der Waals surface area contributed by atoms with Gasteiger partial charge in [0.1, 0.15) is 10.6 Å². The quantitative estimate of drug-likeness (QED) is 0.481. The molecule has 2 heterocycles. The van der Waals surface area contributed by atoms with Crippen LogP contribution in [0, 0.1) is 0 Å². The van der Waals surface area contributed by atoms with Gasteiger partial charge in [-0.25, -0.2) is 4.98 Å². The molecule has 3 aromatic rings. The van der Waals surface area contributed by atoms with Crippen molar-refractivity contribution < 1.29 is 9.53 Å². The zero-order chi connectivity index (χ0) is 18.6. The summed E-state index contributed by atoms with van der Waals surface area (Å²) in [6.45, 7) is 0.261. The molecular formula is C21H22N2O3S. The SMILES string of the molecule is O=C(CCn1cnc2sccc2c1=O)Oc1ccc(C2CCCCC2)cc1. The Bertz CT molecular complexity index is 985. The number of ether oxygens (including phenoxy) is 1. The van der Waals surface area contributed by atoms with E-state index in [4.69, 9.17) is 4.74 Å². The maximum Gasteiger partial charge on any atom is 0.312 e. The fourth-order valence-corrected chi connectivity index (χ4v) is 4.41. The Hall–Kier alpha value is -2.47. The summed E-state index contributed by atoms with van der Waals surface area (Å²) in [6.07, 6.45) is 8.05. The normalized spacial score (nSPS) is 15.1. The van der Waals surface area contributed by atoms with Gasteiger partial charge in [0.2, 0.25) is 0 Å². The van der Waals surface area contributed by atoms with E-state index in [9.17, 15) is 9.59 Å². The minimum absolute atomic E-state index is 0.120. The lowest BCUT2D eigenvalue weighted by Crippen LogP contribution is -2.22. The molecule has 0 N–H and O–H groups in total. The first-order chi connectivity index (χ1) is 13.2. The van der Waals surface area contributed by atoms with E-state index in [2.05, 4.69) is 17.1 Å². The van der Waals surface area contributed by atoms with Crippen LogP contribution in [0.5, 0.6) is 5.75 Å². The minimum Gasteiger partial charge on any atom is -0.426 e. The standard InChI is InChI=1S/C21H22N2O3S/c24-19(10-12-23-14-22-20-18(21(23)25)11-13-27-20)26-17-8-6-16(7-9-17)15-4-2-1-3-5-15/h6-9,11,13-15H,1-5,10,12H2. The number of hydrogen-bond acceptors (Lipinski definition) is 5. The van der Waals surface area contributed by atoms with Gasteiger partial charge in [0, 0.05) is 6.54 Å². The third kappa shape index (κ3) is 4.11. The lowest BCUT2D eigenvalue weighted by Gasteiger charge is -2.22. The van der Waals surface area contributed by atoms with Gasteiger partial charge in [0.25, 0.3) is 5.56 Å². The summed E-state index contributed by atoms with van der Waals surface area (Å²) in [5.41, 5.74) is 1.21. The molecule has 1 saturated carbocycles. The second-order valence-electron chi connectivity index (χ2n) is 7.01. The molecule has 1 aromatic carbocycles. The van der Waals surface area contributed by atoms with Crippen molar-refractivity contribution in [3.8, 4) is 5.75 Å². The topological polar surface area (TPSA) is 61.2 Å². The molecule has 27 heavy (non-hydrogen) atoms. The van der Waals surface area contributed by atoms with Crippen molar-refractivity contribution in [2.45, 2.75) is 51.0 Å². The molecule has 0 spiro atoms. The third-order valence-electron chi connectivity index (χ3n) is 5.20.